The molecule has 0 aliphatic heterocycles. The minimum absolute atomic E-state index is 0.317. The normalized spacial score (nSPS) is 12.2. The van der Waals surface area contributed by atoms with Crippen LogP contribution in [0.5, 0.6) is 0 Å². The Bertz CT molecular complexity index is 132. The lowest BCUT2D eigenvalue weighted by Gasteiger charge is -2.20. The first kappa shape index (κ1) is 10.9. The van der Waals surface area contributed by atoms with Crippen LogP contribution in [0.2, 0.25) is 25.2 Å². The fraction of sp³-hybridized carbons (Fsp3) is 0.500. The molecule has 11 heavy (non-hydrogen) atoms. The fourth-order valence-electron chi connectivity index (χ4n) is 0.825. The highest BCUT2D eigenvalue weighted by atomic mass is 28.4. The van der Waals surface area contributed by atoms with E-state index >= 15 is 0 Å². The zero-order chi connectivity index (χ0) is 8.74. The van der Waals surface area contributed by atoms with Crippen LogP contribution in [0.4, 0.5) is 0 Å². The van der Waals surface area contributed by atoms with E-state index in [0.29, 0.717) is 0 Å². The van der Waals surface area contributed by atoms with E-state index in [1.807, 2.05) is 12.2 Å². The molecule has 0 aromatic rings. The van der Waals surface area contributed by atoms with Crippen molar-refractivity contribution in [2.24, 2.45) is 0 Å². The van der Waals surface area contributed by atoms with Gasteiger partial charge in [0.1, 0.15) is 9.76 Å². The summed E-state index contributed by atoms with van der Waals surface area (Å²) < 4.78 is 5.85. The topological polar surface area (TPSA) is 9.23 Å². The molecule has 64 valence electrons. The third-order valence-corrected chi connectivity index (χ3v) is 7.31. The van der Waals surface area contributed by atoms with E-state index in [4.69, 9.17) is 4.12 Å². The van der Waals surface area contributed by atoms with Gasteiger partial charge in [-0.15, -0.1) is 13.2 Å². The molecule has 3 heteroatoms. The fourth-order valence-corrected chi connectivity index (χ4v) is 4.84. The first-order valence-corrected chi connectivity index (χ1v) is 8.67. The number of hydrogen-bond donors (Lipinski definition) is 0. The van der Waals surface area contributed by atoms with Crippen molar-refractivity contribution in [2.45, 2.75) is 25.2 Å². The monoisotopic (exact) mass is 186 g/mol. The first-order valence-electron chi connectivity index (χ1n) is 3.98. The molecule has 0 saturated carbocycles. The molecule has 0 spiro atoms. The van der Waals surface area contributed by atoms with Crippen molar-refractivity contribution in [2.75, 3.05) is 0 Å². The Kier molecular flexibility index (Phi) is 5.45. The van der Waals surface area contributed by atoms with Crippen LogP contribution in [0.15, 0.2) is 25.3 Å². The molecule has 0 atom stereocenters. The summed E-state index contributed by atoms with van der Waals surface area (Å²) in [5.41, 5.74) is 0. The lowest BCUT2D eigenvalue weighted by molar-refractivity contribution is 0.593. The van der Waals surface area contributed by atoms with Crippen molar-refractivity contribution in [3.63, 3.8) is 0 Å². The quantitative estimate of drug-likeness (QED) is 0.351. The van der Waals surface area contributed by atoms with Gasteiger partial charge in [0.15, 0.2) is 8.32 Å². The summed E-state index contributed by atoms with van der Waals surface area (Å²) in [6.07, 6.45) is 3.92. The Hall–Kier alpha value is -0.126. The van der Waals surface area contributed by atoms with Gasteiger partial charge in [-0.2, -0.15) is 0 Å². The van der Waals surface area contributed by atoms with E-state index in [1.165, 1.54) is 0 Å². The van der Waals surface area contributed by atoms with Crippen LogP contribution in [0, 0.1) is 0 Å². The third kappa shape index (κ3) is 6.28. The van der Waals surface area contributed by atoms with Crippen molar-refractivity contribution in [1.29, 1.82) is 0 Å². The number of allylic oxidation sites excluding steroid dienone is 2. The molecule has 0 fully saturated rings. The maximum absolute atomic E-state index is 5.85. The van der Waals surface area contributed by atoms with Crippen molar-refractivity contribution in [3.8, 4) is 0 Å². The lowest BCUT2D eigenvalue weighted by atomic mass is 10.8. The molecule has 0 aliphatic carbocycles. The maximum Gasteiger partial charge on any atom is 0.176 e. The van der Waals surface area contributed by atoms with Crippen LogP contribution < -0.4 is 0 Å². The summed E-state index contributed by atoms with van der Waals surface area (Å²) in [4.78, 5) is 0. The molecule has 0 bridgehead atoms. The van der Waals surface area contributed by atoms with Crippen LogP contribution in [0.3, 0.4) is 0 Å². The van der Waals surface area contributed by atoms with Gasteiger partial charge in [0.25, 0.3) is 0 Å². The standard InChI is InChI=1S/C8H18OSi2/c1-5-7-10-9-11(3,4)8-6-2/h5-6H,1-2,7-8,10H2,3-4H3. The van der Waals surface area contributed by atoms with Gasteiger partial charge in [-0.1, -0.05) is 12.2 Å². The van der Waals surface area contributed by atoms with Crippen molar-refractivity contribution < 1.29 is 4.12 Å². The zero-order valence-corrected chi connectivity index (χ0v) is 10.0. The molecule has 0 unspecified atom stereocenters. The Morgan fingerprint density at radius 3 is 2.45 bits per heavy atom. The molecule has 1 nitrogen and oxygen atoms in total. The van der Waals surface area contributed by atoms with E-state index in [9.17, 15) is 0 Å². The van der Waals surface area contributed by atoms with E-state index in [1.54, 1.807) is 0 Å². The molecule has 0 N–H and O–H groups in total. The average molecular weight is 186 g/mol. The predicted octanol–water partition coefficient (Wildman–Crippen LogP) is 2.08. The molecular weight excluding hydrogens is 168 g/mol. The zero-order valence-electron chi connectivity index (χ0n) is 7.60. The number of hydrogen-bond acceptors (Lipinski definition) is 1. The van der Waals surface area contributed by atoms with Crippen LogP contribution in [-0.4, -0.2) is 18.1 Å². The SMILES string of the molecule is C=CC[SiH2]O[Si](C)(C)CC=C. The molecule has 0 rings (SSSR count). The summed E-state index contributed by atoms with van der Waals surface area (Å²) in [7, 11) is -1.66. The minimum atomic E-state index is -1.34. The van der Waals surface area contributed by atoms with Gasteiger partial charge in [-0.25, -0.2) is 0 Å². The Morgan fingerprint density at radius 1 is 1.36 bits per heavy atom. The van der Waals surface area contributed by atoms with Gasteiger partial charge >= 0.3 is 0 Å². The first-order chi connectivity index (χ1) is 5.12. The molecule has 0 aliphatic rings. The molecular formula is C8H18OSi2. The second-order valence-corrected chi connectivity index (χ2v) is 9.25. The van der Waals surface area contributed by atoms with E-state index < -0.39 is 8.32 Å². The Morgan fingerprint density at radius 2 is 2.00 bits per heavy atom. The predicted molar refractivity (Wildman–Crippen MR) is 57.1 cm³/mol. The largest absolute Gasteiger partial charge is 0.460 e. The molecule has 0 radical (unpaired) electrons. The molecule has 0 aromatic heterocycles. The Balaban J connectivity index is 3.53. The molecule has 0 aromatic carbocycles. The minimum Gasteiger partial charge on any atom is -0.460 e. The summed E-state index contributed by atoms with van der Waals surface area (Å²) in [5, 5.41) is 0. The average Bonchev–Trinajstić information content (AvgIpc) is 1.87. The van der Waals surface area contributed by atoms with Crippen molar-refractivity contribution >= 4 is 18.1 Å². The smallest absolute Gasteiger partial charge is 0.176 e. The molecule has 0 heterocycles. The van der Waals surface area contributed by atoms with Gasteiger partial charge in [0.2, 0.25) is 0 Å². The van der Waals surface area contributed by atoms with Crippen molar-refractivity contribution in [1.82, 2.24) is 0 Å². The van der Waals surface area contributed by atoms with Crippen LogP contribution in [0.1, 0.15) is 0 Å². The second-order valence-electron chi connectivity index (χ2n) is 3.18. The van der Waals surface area contributed by atoms with Crippen molar-refractivity contribution in [3.05, 3.63) is 25.3 Å². The van der Waals surface area contributed by atoms with Gasteiger partial charge in [-0.3, -0.25) is 0 Å². The summed E-state index contributed by atoms with van der Waals surface area (Å²) in [6.45, 7) is 11.9. The third-order valence-electron chi connectivity index (χ3n) is 1.45. The van der Waals surface area contributed by atoms with Crippen LogP contribution in [0.25, 0.3) is 0 Å². The van der Waals surface area contributed by atoms with Crippen LogP contribution in [-0.2, 0) is 4.12 Å². The van der Waals surface area contributed by atoms with Gasteiger partial charge in [0, 0.05) is 0 Å². The Labute approximate surface area is 73.2 Å². The van der Waals surface area contributed by atoms with E-state index in [-0.39, 0.29) is 9.76 Å². The van der Waals surface area contributed by atoms with E-state index in [0.717, 1.165) is 12.1 Å². The van der Waals surface area contributed by atoms with E-state index in [2.05, 4.69) is 26.3 Å². The molecule has 0 saturated heterocycles. The summed E-state index contributed by atoms with van der Waals surface area (Å²) in [6, 6.07) is 2.16. The summed E-state index contributed by atoms with van der Waals surface area (Å²) in [5.74, 6) is 0. The van der Waals surface area contributed by atoms with Crippen LogP contribution >= 0.6 is 0 Å². The number of rotatable bonds is 6. The lowest BCUT2D eigenvalue weighted by Crippen LogP contribution is -2.30. The maximum atomic E-state index is 5.85. The highest BCUT2D eigenvalue weighted by molar-refractivity contribution is 6.75. The highest BCUT2D eigenvalue weighted by Gasteiger charge is 2.18. The molecule has 0 amide bonds. The van der Waals surface area contributed by atoms with Gasteiger partial charge in [-0.05, 0) is 25.2 Å². The summed E-state index contributed by atoms with van der Waals surface area (Å²) >= 11 is 0. The van der Waals surface area contributed by atoms with Gasteiger partial charge in [0.05, 0.1) is 0 Å². The second kappa shape index (κ2) is 5.51. The highest BCUT2D eigenvalue weighted by Crippen LogP contribution is 2.10. The van der Waals surface area contributed by atoms with Gasteiger partial charge < -0.3 is 4.12 Å².